The molecule has 0 spiro atoms. The summed E-state index contributed by atoms with van der Waals surface area (Å²) < 4.78 is 12.9. The van der Waals surface area contributed by atoms with Crippen LogP contribution in [0.5, 0.6) is 5.75 Å². The second-order valence-corrected chi connectivity index (χ2v) is 5.56. The molecule has 10 nitrogen and oxygen atoms in total. The standard InChI is InChI=1S/C17H17N5O5/c1-4-26-12-8-6-5-7-10(12)15-19-20-16(27-15)18-14(24)11-9-13(23)22(3)17(25)21(11)2/h5-9H,4H2,1-3H3,(H,18,20,24). The number of ether oxygens (including phenoxy) is 1. The van der Waals surface area contributed by atoms with E-state index in [2.05, 4.69) is 15.5 Å². The summed E-state index contributed by atoms with van der Waals surface area (Å²) in [5.74, 6) is 0.00304. The van der Waals surface area contributed by atoms with Gasteiger partial charge >= 0.3 is 11.7 Å². The van der Waals surface area contributed by atoms with Crippen LogP contribution in [0.1, 0.15) is 17.4 Å². The largest absolute Gasteiger partial charge is 0.493 e. The Morgan fingerprint density at radius 1 is 1.19 bits per heavy atom. The monoisotopic (exact) mass is 371 g/mol. The maximum absolute atomic E-state index is 12.4. The number of hydrogen-bond acceptors (Lipinski definition) is 7. The molecule has 0 saturated carbocycles. The summed E-state index contributed by atoms with van der Waals surface area (Å²) in [4.78, 5) is 36.1. The van der Waals surface area contributed by atoms with Crippen LogP contribution in [0.2, 0.25) is 0 Å². The lowest BCUT2D eigenvalue weighted by atomic mass is 10.2. The average molecular weight is 371 g/mol. The summed E-state index contributed by atoms with van der Waals surface area (Å²) in [7, 11) is 2.71. The van der Waals surface area contributed by atoms with Gasteiger partial charge in [0.2, 0.25) is 0 Å². The van der Waals surface area contributed by atoms with Crippen molar-refractivity contribution in [1.29, 1.82) is 0 Å². The Hall–Kier alpha value is -3.69. The zero-order chi connectivity index (χ0) is 19.6. The molecule has 0 saturated heterocycles. The fourth-order valence-corrected chi connectivity index (χ4v) is 2.42. The van der Waals surface area contributed by atoms with E-state index in [0.717, 1.165) is 15.2 Å². The molecule has 27 heavy (non-hydrogen) atoms. The molecule has 0 unspecified atom stereocenters. The normalized spacial score (nSPS) is 10.6. The lowest BCUT2D eigenvalue weighted by Crippen LogP contribution is -2.40. The predicted octanol–water partition coefficient (Wildman–Crippen LogP) is 0.785. The van der Waals surface area contributed by atoms with Crippen LogP contribution >= 0.6 is 0 Å². The van der Waals surface area contributed by atoms with E-state index in [9.17, 15) is 14.4 Å². The van der Waals surface area contributed by atoms with Crippen LogP contribution in [0.25, 0.3) is 11.5 Å². The molecule has 2 heterocycles. The molecule has 10 heteroatoms. The molecule has 3 rings (SSSR count). The third kappa shape index (κ3) is 3.50. The van der Waals surface area contributed by atoms with Gasteiger partial charge in [-0.15, -0.1) is 5.10 Å². The number of benzene rings is 1. The minimum atomic E-state index is -0.722. The Morgan fingerprint density at radius 2 is 1.93 bits per heavy atom. The third-order valence-electron chi connectivity index (χ3n) is 3.82. The number of amides is 1. The van der Waals surface area contributed by atoms with Crippen LogP contribution < -0.4 is 21.3 Å². The summed E-state index contributed by atoms with van der Waals surface area (Å²) in [5, 5.41) is 10.1. The fourth-order valence-electron chi connectivity index (χ4n) is 2.42. The molecule has 1 aromatic carbocycles. The average Bonchev–Trinajstić information content (AvgIpc) is 3.12. The summed E-state index contributed by atoms with van der Waals surface area (Å²) >= 11 is 0. The molecular formula is C17H17N5O5. The van der Waals surface area contributed by atoms with Crippen LogP contribution in [0.4, 0.5) is 6.01 Å². The van der Waals surface area contributed by atoms with E-state index in [-0.39, 0.29) is 17.6 Å². The first-order chi connectivity index (χ1) is 12.9. The van der Waals surface area contributed by atoms with Gasteiger partial charge in [0.05, 0.1) is 12.2 Å². The second kappa shape index (κ2) is 7.28. The Balaban J connectivity index is 1.88. The molecule has 0 aliphatic heterocycles. The topological polar surface area (TPSA) is 121 Å². The fraction of sp³-hybridized carbons (Fsp3) is 0.235. The molecule has 0 radical (unpaired) electrons. The van der Waals surface area contributed by atoms with Gasteiger partial charge in [-0.05, 0) is 19.1 Å². The molecular weight excluding hydrogens is 354 g/mol. The number of para-hydroxylation sites is 1. The molecule has 140 valence electrons. The molecule has 0 atom stereocenters. The summed E-state index contributed by atoms with van der Waals surface area (Å²) in [6, 6.07) is 7.98. The molecule has 1 N–H and O–H groups in total. The van der Waals surface area contributed by atoms with Crippen molar-refractivity contribution in [2.45, 2.75) is 6.92 Å². The number of nitrogens with one attached hydrogen (secondary N) is 1. The first-order valence-corrected chi connectivity index (χ1v) is 8.06. The Labute approximate surface area is 153 Å². The van der Waals surface area contributed by atoms with Crippen LogP contribution in [0.3, 0.4) is 0 Å². The highest BCUT2D eigenvalue weighted by molar-refractivity contribution is 6.01. The van der Waals surface area contributed by atoms with E-state index in [1.54, 1.807) is 18.2 Å². The van der Waals surface area contributed by atoms with Crippen molar-refractivity contribution in [2.24, 2.45) is 14.1 Å². The number of carbonyl (C=O) groups is 1. The first-order valence-electron chi connectivity index (χ1n) is 8.06. The molecule has 0 aliphatic carbocycles. The van der Waals surface area contributed by atoms with Crippen LogP contribution in [-0.2, 0) is 14.1 Å². The van der Waals surface area contributed by atoms with E-state index in [4.69, 9.17) is 9.15 Å². The Kier molecular flexibility index (Phi) is 4.88. The summed E-state index contributed by atoms with van der Waals surface area (Å²) in [6.45, 7) is 2.32. The van der Waals surface area contributed by atoms with Crippen molar-refractivity contribution in [1.82, 2.24) is 19.3 Å². The van der Waals surface area contributed by atoms with Crippen LogP contribution in [0.15, 0.2) is 44.3 Å². The number of aromatic nitrogens is 4. The number of anilines is 1. The van der Waals surface area contributed by atoms with Crippen LogP contribution in [0, 0.1) is 0 Å². The number of hydrogen-bond donors (Lipinski definition) is 1. The lowest BCUT2D eigenvalue weighted by molar-refractivity contribution is 0.101. The quantitative estimate of drug-likeness (QED) is 0.703. The van der Waals surface area contributed by atoms with Crippen molar-refractivity contribution in [3.8, 4) is 17.2 Å². The molecule has 0 aliphatic rings. The zero-order valence-electron chi connectivity index (χ0n) is 14.9. The first kappa shape index (κ1) is 18.1. The van der Waals surface area contributed by atoms with Crippen molar-refractivity contribution in [3.63, 3.8) is 0 Å². The molecule has 0 bridgehead atoms. The predicted molar refractivity (Wildman–Crippen MR) is 95.8 cm³/mol. The van der Waals surface area contributed by atoms with E-state index in [1.807, 2.05) is 13.0 Å². The number of carbonyl (C=O) groups excluding carboxylic acids is 1. The summed E-state index contributed by atoms with van der Waals surface area (Å²) in [6.07, 6.45) is 0. The van der Waals surface area contributed by atoms with Gasteiger partial charge in [-0.3, -0.25) is 24.0 Å². The van der Waals surface area contributed by atoms with Gasteiger partial charge in [-0.1, -0.05) is 17.2 Å². The van der Waals surface area contributed by atoms with Crippen molar-refractivity contribution >= 4 is 11.9 Å². The van der Waals surface area contributed by atoms with E-state index in [1.165, 1.54) is 14.1 Å². The van der Waals surface area contributed by atoms with Gasteiger partial charge in [0, 0.05) is 20.2 Å². The summed E-state index contributed by atoms with van der Waals surface area (Å²) in [5.41, 5.74) is -0.768. The smallest absolute Gasteiger partial charge is 0.331 e. The van der Waals surface area contributed by atoms with E-state index >= 15 is 0 Å². The van der Waals surface area contributed by atoms with Gasteiger partial charge in [0.25, 0.3) is 17.4 Å². The minimum absolute atomic E-state index is 0.127. The minimum Gasteiger partial charge on any atom is -0.493 e. The van der Waals surface area contributed by atoms with Crippen LogP contribution in [-0.4, -0.2) is 31.8 Å². The highest BCUT2D eigenvalue weighted by Gasteiger charge is 2.18. The Morgan fingerprint density at radius 3 is 2.67 bits per heavy atom. The van der Waals surface area contributed by atoms with E-state index < -0.39 is 17.2 Å². The molecule has 2 aromatic heterocycles. The van der Waals surface area contributed by atoms with Gasteiger partial charge < -0.3 is 9.15 Å². The van der Waals surface area contributed by atoms with Crippen molar-refractivity contribution < 1.29 is 13.9 Å². The van der Waals surface area contributed by atoms with Gasteiger partial charge in [0.1, 0.15) is 11.4 Å². The highest BCUT2D eigenvalue weighted by atomic mass is 16.5. The third-order valence-corrected chi connectivity index (χ3v) is 3.82. The second-order valence-electron chi connectivity index (χ2n) is 5.56. The zero-order valence-corrected chi connectivity index (χ0v) is 14.9. The molecule has 3 aromatic rings. The lowest BCUT2D eigenvalue weighted by Gasteiger charge is -2.08. The maximum Gasteiger partial charge on any atom is 0.331 e. The molecule has 0 fully saturated rings. The van der Waals surface area contributed by atoms with Crippen molar-refractivity contribution in [2.75, 3.05) is 11.9 Å². The van der Waals surface area contributed by atoms with Crippen molar-refractivity contribution in [3.05, 3.63) is 56.9 Å². The van der Waals surface area contributed by atoms with Gasteiger partial charge in [-0.25, -0.2) is 4.79 Å². The highest BCUT2D eigenvalue weighted by Crippen LogP contribution is 2.29. The van der Waals surface area contributed by atoms with Gasteiger partial charge in [0.15, 0.2) is 0 Å². The number of rotatable bonds is 5. The van der Waals surface area contributed by atoms with E-state index in [0.29, 0.717) is 17.9 Å². The number of nitrogens with zero attached hydrogens (tertiary/aromatic N) is 4. The SMILES string of the molecule is CCOc1ccccc1-c1nnc(NC(=O)c2cc(=O)n(C)c(=O)n2C)o1. The maximum atomic E-state index is 12.4. The molecule has 1 amide bonds. The Bertz CT molecular complexity index is 1110. The van der Waals surface area contributed by atoms with Gasteiger partial charge in [-0.2, -0.15) is 0 Å².